The van der Waals surface area contributed by atoms with Crippen molar-refractivity contribution >= 4 is 33.6 Å². The van der Waals surface area contributed by atoms with E-state index in [1.54, 1.807) is 51.1 Å². The summed E-state index contributed by atoms with van der Waals surface area (Å²) in [7, 11) is -7.06. The molecule has 1 aromatic heterocycles. The van der Waals surface area contributed by atoms with Crippen LogP contribution in [0.3, 0.4) is 0 Å². The summed E-state index contributed by atoms with van der Waals surface area (Å²) in [4.78, 5) is 37.7. The number of nitrogens with one attached hydrogen (secondary N) is 2. The molecule has 0 amide bonds. The first-order valence-electron chi connectivity index (χ1n) is 14.4. The fourth-order valence-corrected chi connectivity index (χ4v) is 7.12. The zero-order chi connectivity index (χ0) is 33.3. The standard InChI is InChI=1S/C28H43ClN3O9PSi/c1-18(2)38-24(34)19(3)31-42(36,40-20-13-11-10-12-14-20)37-17-21-23(41-43(8,9)27(4,5)6)28(7,29)25(39-21)32-16-15-22(33)30-26(32)35/h10-16,18-19,21,23,25H,17H2,1-9H3,(H,31,36)(H,30,33,35)/t19-,21+,23+,25+,28+,42-/m0/s1/i21D. The molecule has 0 saturated carbocycles. The maximum absolute atomic E-state index is 14.2. The third kappa shape index (κ3) is 8.69. The molecule has 0 spiro atoms. The van der Waals surface area contributed by atoms with E-state index in [2.05, 4.69) is 10.1 Å². The van der Waals surface area contributed by atoms with Crippen LogP contribution >= 0.6 is 19.3 Å². The first kappa shape index (κ1) is 33.6. The van der Waals surface area contributed by atoms with E-state index in [9.17, 15) is 20.3 Å². The van der Waals surface area contributed by atoms with Gasteiger partial charge in [0.15, 0.2) is 14.5 Å². The first-order valence-corrected chi connectivity index (χ1v) is 18.8. The van der Waals surface area contributed by atoms with Crippen LogP contribution in [0, 0.1) is 0 Å². The number of halogens is 1. The van der Waals surface area contributed by atoms with Gasteiger partial charge in [0.05, 0.1) is 20.2 Å². The van der Waals surface area contributed by atoms with Crippen molar-refractivity contribution in [2.45, 2.75) is 102 Å². The van der Waals surface area contributed by atoms with Crippen molar-refractivity contribution < 1.29 is 33.7 Å². The Kier molecular flexibility index (Phi) is 10.5. The molecule has 1 fully saturated rings. The topological polar surface area (TPSA) is 147 Å². The van der Waals surface area contributed by atoms with Gasteiger partial charge in [0.1, 0.15) is 22.7 Å². The van der Waals surface area contributed by atoms with Crippen molar-refractivity contribution in [1.82, 2.24) is 14.6 Å². The molecule has 1 aliphatic rings. The van der Waals surface area contributed by atoms with Crippen LogP contribution in [-0.4, -0.2) is 59.6 Å². The van der Waals surface area contributed by atoms with E-state index < -0.39 is 75.3 Å². The lowest BCUT2D eigenvalue weighted by molar-refractivity contribution is -0.149. The molecule has 1 saturated heterocycles. The molecular weight excluding hydrogens is 617 g/mol. The van der Waals surface area contributed by atoms with Crippen LogP contribution in [0.5, 0.6) is 5.75 Å². The Hall–Kier alpha value is -2.25. The molecule has 1 aliphatic heterocycles. The van der Waals surface area contributed by atoms with Gasteiger partial charge < -0.3 is 18.4 Å². The minimum atomic E-state index is -4.40. The largest absolute Gasteiger partial charge is 0.462 e. The zero-order valence-electron chi connectivity index (χ0n) is 27.0. The fourth-order valence-electron chi connectivity index (χ4n) is 3.95. The molecule has 0 bridgehead atoms. The molecule has 12 nitrogen and oxygen atoms in total. The molecule has 3 rings (SSSR count). The quantitative estimate of drug-likeness (QED) is 0.139. The Morgan fingerprint density at radius 1 is 1.23 bits per heavy atom. The van der Waals surface area contributed by atoms with Crippen molar-refractivity contribution in [3.05, 3.63) is 63.4 Å². The molecular formula is C28H43ClN3O9PSi. The number of carbonyl (C=O) groups is 1. The molecule has 2 N–H and O–H groups in total. The van der Waals surface area contributed by atoms with Crippen LogP contribution in [0.15, 0.2) is 52.2 Å². The number of aromatic amines is 1. The van der Waals surface area contributed by atoms with Crippen LogP contribution in [-0.2, 0) is 27.8 Å². The Morgan fingerprint density at radius 2 is 1.86 bits per heavy atom. The molecule has 1 aromatic carbocycles. The van der Waals surface area contributed by atoms with Gasteiger partial charge in [0.2, 0.25) is 0 Å². The summed E-state index contributed by atoms with van der Waals surface area (Å²) in [5.41, 5.74) is -1.42. The summed E-state index contributed by atoms with van der Waals surface area (Å²) in [6.45, 7) is 15.6. The number of nitrogens with zero attached hydrogens (tertiary/aromatic N) is 1. The Labute approximate surface area is 259 Å². The molecule has 2 aromatic rings. The number of esters is 1. The van der Waals surface area contributed by atoms with Gasteiger partial charge in [0.25, 0.3) is 5.56 Å². The number of hydrogen-bond acceptors (Lipinski definition) is 9. The van der Waals surface area contributed by atoms with Crippen LogP contribution < -0.4 is 20.9 Å². The normalized spacial score (nSPS) is 26.9. The number of aromatic nitrogens is 2. The average Bonchev–Trinajstić information content (AvgIpc) is 3.08. The second-order valence-electron chi connectivity index (χ2n) is 12.4. The lowest BCUT2D eigenvalue weighted by Crippen LogP contribution is -2.52. The van der Waals surface area contributed by atoms with Gasteiger partial charge in [-0.2, -0.15) is 5.09 Å². The van der Waals surface area contributed by atoms with Crippen LogP contribution in [0.2, 0.25) is 18.1 Å². The zero-order valence-corrected chi connectivity index (χ0v) is 28.7. The summed E-state index contributed by atoms with van der Waals surface area (Å²) in [6.07, 6.45) is -3.88. The van der Waals surface area contributed by atoms with E-state index in [4.69, 9.17) is 34.5 Å². The van der Waals surface area contributed by atoms with Gasteiger partial charge >= 0.3 is 19.4 Å². The summed E-state index contributed by atoms with van der Waals surface area (Å²) in [5, 5.41) is 2.28. The van der Waals surface area contributed by atoms with E-state index in [-0.39, 0.29) is 10.8 Å². The molecule has 0 unspecified atom stereocenters. The first-order chi connectivity index (χ1) is 20.1. The number of benzene rings is 1. The number of carbonyl (C=O) groups excluding carboxylic acids is 1. The number of hydrogen-bond donors (Lipinski definition) is 2. The summed E-state index contributed by atoms with van der Waals surface area (Å²) >= 11 is 7.11. The van der Waals surface area contributed by atoms with Gasteiger partial charge in [-0.1, -0.05) is 39.0 Å². The lowest BCUT2D eigenvalue weighted by atomic mass is 10.0. The highest BCUT2D eigenvalue weighted by molar-refractivity contribution is 7.52. The smallest absolute Gasteiger partial charge is 0.459 e. The highest BCUT2D eigenvalue weighted by Gasteiger charge is 2.58. The second-order valence-corrected chi connectivity index (χ2v) is 19.6. The van der Waals surface area contributed by atoms with Crippen molar-refractivity contribution in [3.8, 4) is 5.75 Å². The monoisotopic (exact) mass is 660 g/mol. The average molecular weight is 661 g/mol. The molecule has 43 heavy (non-hydrogen) atoms. The number of ether oxygens (including phenoxy) is 2. The molecule has 240 valence electrons. The predicted octanol–water partition coefficient (Wildman–Crippen LogP) is 4.96. The lowest BCUT2D eigenvalue weighted by Gasteiger charge is -2.42. The molecule has 15 heteroatoms. The SMILES string of the molecule is [2H][C@]1(CO[P@@](=O)(N[C@@H](C)C(=O)OC(C)C)Oc2ccccc2)O[C@@H](n2ccc(=O)[nH]c2=O)[C@](C)(Cl)[C@@H]1O[Si](C)(C)C(C)(C)C. The maximum Gasteiger partial charge on any atom is 0.459 e. The van der Waals surface area contributed by atoms with E-state index >= 15 is 0 Å². The minimum absolute atomic E-state index is 0.174. The Balaban J connectivity index is 2.04. The van der Waals surface area contributed by atoms with Gasteiger partial charge in [0, 0.05) is 12.3 Å². The summed E-state index contributed by atoms with van der Waals surface area (Å²) in [5.74, 6) is -0.517. The molecule has 0 aliphatic carbocycles. The fraction of sp³-hybridized carbons (Fsp3) is 0.607. The van der Waals surface area contributed by atoms with E-state index in [0.29, 0.717) is 0 Å². The van der Waals surface area contributed by atoms with E-state index in [0.717, 1.165) is 10.6 Å². The van der Waals surface area contributed by atoms with Gasteiger partial charge in [-0.15, -0.1) is 11.6 Å². The summed E-state index contributed by atoms with van der Waals surface area (Å²) in [6, 6.07) is 8.18. The Bertz CT molecular complexity index is 1480. The van der Waals surface area contributed by atoms with Crippen LogP contribution in [0.4, 0.5) is 0 Å². The Morgan fingerprint density at radius 3 is 2.42 bits per heavy atom. The van der Waals surface area contributed by atoms with Gasteiger partial charge in [-0.25, -0.2) is 9.36 Å². The van der Waals surface area contributed by atoms with Crippen LogP contribution in [0.25, 0.3) is 0 Å². The molecule has 2 heterocycles. The van der Waals surface area contributed by atoms with Gasteiger partial charge in [-0.05, 0) is 58.0 Å². The number of alkyl halides is 1. The molecule has 0 radical (unpaired) electrons. The van der Waals surface area contributed by atoms with E-state index in [1.165, 1.54) is 13.1 Å². The van der Waals surface area contributed by atoms with Crippen molar-refractivity contribution in [1.29, 1.82) is 0 Å². The highest BCUT2D eigenvalue weighted by atomic mass is 35.5. The van der Waals surface area contributed by atoms with Crippen molar-refractivity contribution in [2.24, 2.45) is 0 Å². The predicted molar refractivity (Wildman–Crippen MR) is 166 cm³/mol. The van der Waals surface area contributed by atoms with Gasteiger partial charge in [-0.3, -0.25) is 23.7 Å². The second kappa shape index (κ2) is 13.4. The minimum Gasteiger partial charge on any atom is -0.462 e. The van der Waals surface area contributed by atoms with Crippen molar-refractivity contribution in [2.75, 3.05) is 6.61 Å². The number of para-hydroxylation sites is 1. The van der Waals surface area contributed by atoms with Crippen LogP contribution in [0.1, 0.15) is 56.1 Å². The maximum atomic E-state index is 14.2. The molecule has 6 atom stereocenters. The number of H-pyrrole nitrogens is 1. The third-order valence-electron chi connectivity index (χ3n) is 7.28. The summed E-state index contributed by atoms with van der Waals surface area (Å²) < 4.78 is 54.3. The highest BCUT2D eigenvalue weighted by Crippen LogP contribution is 2.50. The van der Waals surface area contributed by atoms with Crippen molar-refractivity contribution in [3.63, 3.8) is 0 Å². The number of rotatable bonds is 12. The third-order valence-corrected chi connectivity index (χ3v) is 13.7. The van der Waals surface area contributed by atoms with E-state index in [1.807, 2.05) is 33.9 Å².